The molecule has 36 heavy (non-hydrogen) atoms. The monoisotopic (exact) mass is 508 g/mol. The van der Waals surface area contributed by atoms with Gasteiger partial charge in [-0.2, -0.15) is 0 Å². The number of hydrogen-bond donors (Lipinski definition) is 4. The number of H-pyrrole nitrogens is 1. The van der Waals surface area contributed by atoms with Crippen LogP contribution in [0.25, 0.3) is 33.0 Å². The Labute approximate surface area is 205 Å². The van der Waals surface area contributed by atoms with E-state index in [-0.39, 0.29) is 62.2 Å². The van der Waals surface area contributed by atoms with Crippen LogP contribution in [0.1, 0.15) is 21.6 Å². The topological polar surface area (TPSA) is 138 Å². The number of benzene rings is 2. The summed E-state index contributed by atoms with van der Waals surface area (Å²) < 4.78 is 36.9. The Morgan fingerprint density at radius 2 is 2.03 bits per heavy atom. The third-order valence-corrected chi connectivity index (χ3v) is 6.77. The number of aromatic carboxylic acids is 1. The number of thioether (sulfide) groups is 1. The van der Waals surface area contributed by atoms with Gasteiger partial charge in [0.15, 0.2) is 0 Å². The fraction of sp³-hybridized carbons (Fsp3) is 0.0800. The lowest BCUT2D eigenvalue weighted by molar-refractivity contribution is 0.0687. The van der Waals surface area contributed by atoms with Crippen molar-refractivity contribution in [1.29, 1.82) is 5.41 Å². The van der Waals surface area contributed by atoms with E-state index in [1.165, 1.54) is 59.1 Å². The Bertz CT molecular complexity index is 1770. The van der Waals surface area contributed by atoms with Crippen LogP contribution in [-0.2, 0) is 6.54 Å². The van der Waals surface area contributed by atoms with Gasteiger partial charge in [0.1, 0.15) is 28.7 Å². The summed E-state index contributed by atoms with van der Waals surface area (Å²) in [5.74, 6) is -3.01. The molecule has 0 unspecified atom stereocenters. The van der Waals surface area contributed by atoms with Gasteiger partial charge in [-0.15, -0.1) is 11.8 Å². The van der Waals surface area contributed by atoms with Gasteiger partial charge < -0.3 is 24.8 Å². The lowest BCUT2D eigenvalue weighted by atomic mass is 10.0. The molecular weight excluding hydrogens is 490 g/mol. The molecule has 8 nitrogen and oxygen atoms in total. The second-order valence-electron chi connectivity index (χ2n) is 8.00. The van der Waals surface area contributed by atoms with E-state index in [1.54, 1.807) is 6.26 Å². The lowest BCUT2D eigenvalue weighted by Crippen LogP contribution is -2.16. The number of aromatic nitrogens is 2. The zero-order valence-corrected chi connectivity index (χ0v) is 19.5. The van der Waals surface area contributed by atoms with Crippen molar-refractivity contribution in [3.05, 3.63) is 87.7 Å². The van der Waals surface area contributed by atoms with Gasteiger partial charge in [0, 0.05) is 27.8 Å². The molecular formula is C25H18F2N4O4S. The molecule has 0 atom stereocenters. The molecule has 3 aromatic heterocycles. The van der Waals surface area contributed by atoms with Crippen LogP contribution in [0.3, 0.4) is 0 Å². The number of halogens is 2. The summed E-state index contributed by atoms with van der Waals surface area (Å²) in [6.07, 6.45) is 4.38. The van der Waals surface area contributed by atoms with E-state index >= 15 is 8.78 Å². The molecule has 3 heterocycles. The summed E-state index contributed by atoms with van der Waals surface area (Å²) in [6.45, 7) is -0.338. The molecule has 5 N–H and O–H groups in total. The molecule has 182 valence electrons. The number of aromatic amines is 1. The average Bonchev–Trinajstić information content (AvgIpc) is 3.44. The number of carboxylic acid groups (broad SMARTS) is 1. The van der Waals surface area contributed by atoms with Crippen molar-refractivity contribution >= 4 is 45.4 Å². The molecule has 0 radical (unpaired) electrons. The van der Waals surface area contributed by atoms with Gasteiger partial charge in [0.2, 0.25) is 0 Å². The van der Waals surface area contributed by atoms with Gasteiger partial charge in [0.25, 0.3) is 5.56 Å². The first-order valence-electron chi connectivity index (χ1n) is 10.6. The van der Waals surface area contributed by atoms with Crippen LogP contribution in [0.15, 0.2) is 63.0 Å². The van der Waals surface area contributed by atoms with Gasteiger partial charge in [-0.1, -0.05) is 0 Å². The minimum Gasteiger partial charge on any atom is -0.477 e. The van der Waals surface area contributed by atoms with Crippen LogP contribution >= 0.6 is 11.8 Å². The number of pyridine rings is 1. The van der Waals surface area contributed by atoms with Crippen LogP contribution in [0, 0.1) is 17.0 Å². The van der Waals surface area contributed by atoms with Crippen molar-refractivity contribution in [1.82, 2.24) is 9.55 Å². The van der Waals surface area contributed by atoms with Crippen molar-refractivity contribution in [2.45, 2.75) is 11.4 Å². The first kappa shape index (κ1) is 23.4. The van der Waals surface area contributed by atoms with Gasteiger partial charge in [0.05, 0.1) is 34.7 Å². The van der Waals surface area contributed by atoms with E-state index in [1.807, 2.05) is 0 Å². The Balaban J connectivity index is 1.90. The molecule has 0 saturated carbocycles. The molecule has 0 spiro atoms. The minimum atomic E-state index is -1.41. The number of carbonyl (C=O) groups is 1. The molecule has 11 heteroatoms. The minimum absolute atomic E-state index is 0.0206. The molecule has 2 aromatic carbocycles. The number of fused-ring (bicyclic) bond motifs is 3. The highest BCUT2D eigenvalue weighted by Gasteiger charge is 2.29. The highest BCUT2D eigenvalue weighted by molar-refractivity contribution is 7.98. The number of furan rings is 1. The molecule has 0 fully saturated rings. The number of carboxylic acids is 1. The standard InChI is InChI=1S/C25H18F2N4O4S/c1-36-18-9-15(26)11(7-14(18)23(28)29)10-31-17-8-16(27)12-4-6-35-22(12)20(17)19(21(31)25(33)34)13-3-2-5-30-24(13)32/h2-9H,10H2,1H3,(H3,28,29)(H,30,32)(H,33,34). The second-order valence-corrected chi connectivity index (χ2v) is 8.85. The molecule has 5 rings (SSSR count). The Morgan fingerprint density at radius 1 is 1.25 bits per heavy atom. The number of amidine groups is 1. The number of nitrogens with zero attached hydrogens (tertiary/aromatic N) is 1. The molecule has 5 aromatic rings. The number of rotatable bonds is 6. The Hall–Kier alpha value is -4.38. The smallest absolute Gasteiger partial charge is 0.353 e. The third-order valence-electron chi connectivity index (χ3n) is 5.99. The molecule has 0 aliphatic heterocycles. The van der Waals surface area contributed by atoms with Crippen LogP contribution in [0.2, 0.25) is 0 Å². The molecule has 0 amide bonds. The van der Waals surface area contributed by atoms with Crippen LogP contribution in [0.4, 0.5) is 8.78 Å². The molecule has 0 bridgehead atoms. The normalized spacial score (nSPS) is 11.4. The maximum absolute atomic E-state index is 15.1. The highest BCUT2D eigenvalue weighted by atomic mass is 32.2. The van der Waals surface area contributed by atoms with E-state index in [0.29, 0.717) is 4.90 Å². The van der Waals surface area contributed by atoms with E-state index in [2.05, 4.69) is 4.98 Å². The van der Waals surface area contributed by atoms with Crippen molar-refractivity contribution in [3.63, 3.8) is 0 Å². The Kier molecular flexibility index (Phi) is 5.64. The third kappa shape index (κ3) is 3.55. The van der Waals surface area contributed by atoms with E-state index in [9.17, 15) is 14.7 Å². The SMILES string of the molecule is CSc1cc(F)c(Cn2c(C(=O)O)c(-c3ccc[nH]c3=O)c3c4occc4c(F)cc32)cc1C(=N)N. The Morgan fingerprint density at radius 3 is 2.69 bits per heavy atom. The summed E-state index contributed by atoms with van der Waals surface area (Å²) in [5.41, 5.74) is 5.32. The average molecular weight is 509 g/mol. The van der Waals surface area contributed by atoms with Gasteiger partial charge in [-0.25, -0.2) is 13.6 Å². The van der Waals surface area contributed by atoms with E-state index in [0.717, 1.165) is 6.07 Å². The van der Waals surface area contributed by atoms with Crippen LogP contribution in [-0.4, -0.2) is 32.7 Å². The molecule has 0 aliphatic carbocycles. The van der Waals surface area contributed by atoms with Crippen molar-refractivity contribution < 1.29 is 23.1 Å². The van der Waals surface area contributed by atoms with Crippen LogP contribution in [0.5, 0.6) is 0 Å². The lowest BCUT2D eigenvalue weighted by Gasteiger charge is -2.14. The van der Waals surface area contributed by atoms with Crippen molar-refractivity contribution in [2.75, 3.05) is 6.26 Å². The van der Waals surface area contributed by atoms with E-state index < -0.39 is 23.2 Å². The second kappa shape index (κ2) is 8.68. The fourth-order valence-corrected chi connectivity index (χ4v) is 5.05. The largest absolute Gasteiger partial charge is 0.477 e. The van der Waals surface area contributed by atoms with Crippen molar-refractivity contribution in [3.8, 4) is 11.1 Å². The van der Waals surface area contributed by atoms with Gasteiger partial charge in [-0.3, -0.25) is 10.2 Å². The zero-order valence-electron chi connectivity index (χ0n) is 18.7. The summed E-state index contributed by atoms with van der Waals surface area (Å²) in [6, 6.07) is 8.12. The number of hydrogen-bond acceptors (Lipinski definition) is 5. The van der Waals surface area contributed by atoms with Crippen molar-refractivity contribution in [2.24, 2.45) is 5.73 Å². The molecule has 0 saturated heterocycles. The highest BCUT2D eigenvalue weighted by Crippen LogP contribution is 2.40. The number of nitrogen functional groups attached to an aromatic ring is 1. The summed E-state index contributed by atoms with van der Waals surface area (Å²) in [5, 5.41) is 18.4. The first-order chi connectivity index (χ1) is 17.2. The maximum Gasteiger partial charge on any atom is 0.353 e. The van der Waals surface area contributed by atoms with Gasteiger partial charge in [-0.05, 0) is 42.7 Å². The quantitative estimate of drug-likeness (QED) is 0.148. The predicted octanol–water partition coefficient (Wildman–Crippen LogP) is 4.77. The van der Waals surface area contributed by atoms with E-state index in [4.69, 9.17) is 15.6 Å². The van der Waals surface area contributed by atoms with Gasteiger partial charge >= 0.3 is 5.97 Å². The maximum atomic E-state index is 15.1. The van der Waals surface area contributed by atoms with Crippen LogP contribution < -0.4 is 11.3 Å². The number of nitrogens with one attached hydrogen (secondary N) is 2. The summed E-state index contributed by atoms with van der Waals surface area (Å²) >= 11 is 1.21. The molecule has 0 aliphatic rings. The summed E-state index contributed by atoms with van der Waals surface area (Å²) in [4.78, 5) is 28.3. The first-order valence-corrected chi connectivity index (χ1v) is 11.8. The zero-order chi connectivity index (χ0) is 25.7. The summed E-state index contributed by atoms with van der Waals surface area (Å²) in [7, 11) is 0. The fourth-order valence-electron chi connectivity index (χ4n) is 4.44. The number of nitrogens with two attached hydrogens (primary N) is 1. The predicted molar refractivity (Wildman–Crippen MR) is 133 cm³/mol.